The summed E-state index contributed by atoms with van der Waals surface area (Å²) >= 11 is 0. The van der Waals surface area contributed by atoms with Gasteiger partial charge in [0.2, 0.25) is 5.91 Å². The van der Waals surface area contributed by atoms with Crippen LogP contribution in [0.25, 0.3) is 0 Å². The molecule has 3 heterocycles. The van der Waals surface area contributed by atoms with E-state index in [-0.39, 0.29) is 11.9 Å². The molecular formula is C16H27N5O2. The number of morpholine rings is 1. The highest BCUT2D eigenvalue weighted by molar-refractivity contribution is 5.81. The summed E-state index contributed by atoms with van der Waals surface area (Å²) in [4.78, 5) is 21.4. The van der Waals surface area contributed by atoms with Crippen LogP contribution in [0.15, 0.2) is 0 Å². The van der Waals surface area contributed by atoms with Gasteiger partial charge in [-0.2, -0.15) is 5.10 Å². The molecule has 0 bridgehead atoms. The fraction of sp³-hybridized carbons (Fsp3) is 0.812. The van der Waals surface area contributed by atoms with Gasteiger partial charge in [0.1, 0.15) is 11.6 Å². The highest BCUT2D eigenvalue weighted by Gasteiger charge is 2.34. The number of hydrogen-bond donors (Lipinski definition) is 0. The number of ether oxygens (including phenoxy) is 1. The number of aryl methyl sites for hydroxylation is 2. The van der Waals surface area contributed by atoms with Gasteiger partial charge in [0.25, 0.3) is 0 Å². The predicted molar refractivity (Wildman–Crippen MR) is 86.1 cm³/mol. The molecule has 0 aliphatic carbocycles. The van der Waals surface area contributed by atoms with Crippen LogP contribution in [0.5, 0.6) is 0 Å². The molecule has 0 spiro atoms. The highest BCUT2D eigenvalue weighted by atomic mass is 16.5. The van der Waals surface area contributed by atoms with Crippen LogP contribution in [0.3, 0.4) is 0 Å². The van der Waals surface area contributed by atoms with Gasteiger partial charge < -0.3 is 9.64 Å². The molecule has 2 fully saturated rings. The number of nitrogens with zero attached hydrogens (tertiary/aromatic N) is 5. The van der Waals surface area contributed by atoms with E-state index in [4.69, 9.17) is 4.74 Å². The maximum Gasteiger partial charge on any atom is 0.239 e. The minimum atomic E-state index is -0.0782. The monoisotopic (exact) mass is 321 g/mol. The zero-order valence-corrected chi connectivity index (χ0v) is 14.4. The van der Waals surface area contributed by atoms with Crippen LogP contribution in [-0.2, 0) is 16.1 Å². The fourth-order valence-electron chi connectivity index (χ4n) is 3.69. The lowest BCUT2D eigenvalue weighted by atomic mass is 10.1. The Hall–Kier alpha value is -1.47. The van der Waals surface area contributed by atoms with E-state index >= 15 is 0 Å². The zero-order chi connectivity index (χ0) is 16.4. The van der Waals surface area contributed by atoms with Crippen molar-refractivity contribution < 1.29 is 9.53 Å². The minimum absolute atomic E-state index is 0.0782. The topological polar surface area (TPSA) is 63.5 Å². The van der Waals surface area contributed by atoms with E-state index in [2.05, 4.69) is 15.0 Å². The SMILES string of the molecule is Cc1nc(C)n(C[C@H]2CCCN2[C@H](C)C(=O)N2CCOCC2)n1. The van der Waals surface area contributed by atoms with Gasteiger partial charge in [-0.25, -0.2) is 9.67 Å². The van der Waals surface area contributed by atoms with Gasteiger partial charge in [0.15, 0.2) is 0 Å². The Labute approximate surface area is 137 Å². The van der Waals surface area contributed by atoms with Crippen molar-refractivity contribution in [3.63, 3.8) is 0 Å². The summed E-state index contributed by atoms with van der Waals surface area (Å²) in [5.74, 6) is 1.98. The quantitative estimate of drug-likeness (QED) is 0.813. The third kappa shape index (κ3) is 3.55. The molecule has 1 aromatic rings. The zero-order valence-electron chi connectivity index (χ0n) is 14.4. The van der Waals surface area contributed by atoms with Crippen molar-refractivity contribution in [1.29, 1.82) is 0 Å². The molecule has 0 saturated carbocycles. The summed E-state index contributed by atoms with van der Waals surface area (Å²) in [5.41, 5.74) is 0. The number of aromatic nitrogens is 3. The Balaban J connectivity index is 1.65. The molecule has 7 nitrogen and oxygen atoms in total. The first-order valence-corrected chi connectivity index (χ1v) is 8.56. The molecule has 3 rings (SSSR count). The normalized spacial score (nSPS) is 24.1. The first kappa shape index (κ1) is 16.4. The van der Waals surface area contributed by atoms with Gasteiger partial charge in [-0.05, 0) is 40.2 Å². The smallest absolute Gasteiger partial charge is 0.239 e. The van der Waals surface area contributed by atoms with Crippen LogP contribution in [0, 0.1) is 13.8 Å². The lowest BCUT2D eigenvalue weighted by molar-refractivity contribution is -0.141. The standard InChI is InChI=1S/C16H27N5O2/c1-12(16(22)19-7-9-23-10-8-19)20-6-4-5-15(20)11-21-14(3)17-13(2)18-21/h12,15H,4-11H2,1-3H3/t12-,15-/m1/s1. The molecule has 0 unspecified atom stereocenters. The molecule has 1 aromatic heterocycles. The number of likely N-dealkylation sites (tertiary alicyclic amines) is 1. The largest absolute Gasteiger partial charge is 0.378 e. The molecule has 128 valence electrons. The van der Waals surface area contributed by atoms with Crippen molar-refractivity contribution in [3.8, 4) is 0 Å². The Morgan fingerprint density at radius 3 is 2.70 bits per heavy atom. The molecule has 2 aliphatic heterocycles. The Kier molecular flexibility index (Phi) is 4.96. The van der Waals surface area contributed by atoms with E-state index in [1.54, 1.807) is 0 Å². The molecule has 0 aromatic carbocycles. The molecule has 1 amide bonds. The molecular weight excluding hydrogens is 294 g/mol. The molecule has 2 saturated heterocycles. The second-order valence-electron chi connectivity index (χ2n) is 6.54. The number of rotatable bonds is 4. The van der Waals surface area contributed by atoms with Crippen molar-refractivity contribution in [2.24, 2.45) is 0 Å². The van der Waals surface area contributed by atoms with Crippen LogP contribution >= 0.6 is 0 Å². The Morgan fingerprint density at radius 2 is 2.04 bits per heavy atom. The van der Waals surface area contributed by atoms with E-state index < -0.39 is 0 Å². The summed E-state index contributed by atoms with van der Waals surface area (Å²) in [5, 5.41) is 4.47. The molecule has 2 aliphatic rings. The second kappa shape index (κ2) is 6.97. The lowest BCUT2D eigenvalue weighted by Crippen LogP contribution is -2.52. The number of carbonyl (C=O) groups is 1. The molecule has 0 N–H and O–H groups in total. The first-order valence-electron chi connectivity index (χ1n) is 8.56. The lowest BCUT2D eigenvalue weighted by Gasteiger charge is -2.35. The summed E-state index contributed by atoms with van der Waals surface area (Å²) in [7, 11) is 0. The molecule has 7 heteroatoms. The van der Waals surface area contributed by atoms with E-state index in [9.17, 15) is 4.79 Å². The summed E-state index contributed by atoms with van der Waals surface area (Å²) in [6, 6.07) is 0.278. The van der Waals surface area contributed by atoms with Crippen LogP contribution in [0.2, 0.25) is 0 Å². The van der Waals surface area contributed by atoms with Gasteiger partial charge >= 0.3 is 0 Å². The minimum Gasteiger partial charge on any atom is -0.378 e. The van der Waals surface area contributed by atoms with Gasteiger partial charge in [-0.3, -0.25) is 9.69 Å². The van der Waals surface area contributed by atoms with Gasteiger partial charge in [0.05, 0.1) is 25.8 Å². The predicted octanol–water partition coefficient (Wildman–Crippen LogP) is 0.607. The average Bonchev–Trinajstić information content (AvgIpc) is 3.13. The van der Waals surface area contributed by atoms with E-state index in [1.165, 1.54) is 0 Å². The summed E-state index contributed by atoms with van der Waals surface area (Å²) < 4.78 is 7.32. The maximum absolute atomic E-state index is 12.7. The van der Waals surface area contributed by atoms with Crippen LogP contribution in [0.1, 0.15) is 31.4 Å². The number of amides is 1. The molecule has 0 radical (unpaired) electrons. The number of hydrogen-bond acceptors (Lipinski definition) is 5. The van der Waals surface area contributed by atoms with Crippen LogP contribution in [0.4, 0.5) is 0 Å². The van der Waals surface area contributed by atoms with Crippen molar-refractivity contribution in [2.45, 2.75) is 52.2 Å². The summed E-state index contributed by atoms with van der Waals surface area (Å²) in [6.45, 7) is 10.5. The van der Waals surface area contributed by atoms with Crippen molar-refractivity contribution >= 4 is 5.91 Å². The Bertz CT molecular complexity index is 553. The van der Waals surface area contributed by atoms with Crippen LogP contribution in [-0.4, -0.2) is 75.4 Å². The fourth-order valence-corrected chi connectivity index (χ4v) is 3.69. The second-order valence-corrected chi connectivity index (χ2v) is 6.54. The van der Waals surface area contributed by atoms with Gasteiger partial charge in [-0.1, -0.05) is 0 Å². The van der Waals surface area contributed by atoms with Crippen LogP contribution < -0.4 is 0 Å². The third-order valence-electron chi connectivity index (χ3n) is 4.95. The van der Waals surface area contributed by atoms with Gasteiger partial charge in [-0.15, -0.1) is 0 Å². The third-order valence-corrected chi connectivity index (χ3v) is 4.95. The molecule has 23 heavy (non-hydrogen) atoms. The first-order chi connectivity index (χ1) is 11.1. The van der Waals surface area contributed by atoms with Crippen molar-refractivity contribution in [3.05, 3.63) is 11.6 Å². The van der Waals surface area contributed by atoms with E-state index in [0.29, 0.717) is 32.3 Å². The average molecular weight is 321 g/mol. The Morgan fingerprint density at radius 1 is 1.30 bits per heavy atom. The van der Waals surface area contributed by atoms with Crippen molar-refractivity contribution in [1.82, 2.24) is 24.6 Å². The van der Waals surface area contributed by atoms with E-state index in [0.717, 1.165) is 37.6 Å². The maximum atomic E-state index is 12.7. The van der Waals surface area contributed by atoms with Crippen molar-refractivity contribution in [2.75, 3.05) is 32.8 Å². The summed E-state index contributed by atoms with van der Waals surface area (Å²) in [6.07, 6.45) is 2.25. The number of carbonyl (C=O) groups excluding carboxylic acids is 1. The van der Waals surface area contributed by atoms with E-state index in [1.807, 2.05) is 30.4 Å². The highest BCUT2D eigenvalue weighted by Crippen LogP contribution is 2.23. The molecule has 2 atom stereocenters. The van der Waals surface area contributed by atoms with Gasteiger partial charge in [0, 0.05) is 19.1 Å².